The smallest absolute Gasteiger partial charge is 0.203 e. The van der Waals surface area contributed by atoms with Gasteiger partial charge in [-0.2, -0.15) is 0 Å². The number of aryl methyl sites for hydroxylation is 1. The first kappa shape index (κ1) is 13.0. The first-order valence-electron chi connectivity index (χ1n) is 5.28. The maximum atomic E-state index is 12.2. The summed E-state index contributed by atoms with van der Waals surface area (Å²) in [5, 5.41) is 1.87. The van der Waals surface area contributed by atoms with E-state index < -0.39 is 9.84 Å². The van der Waals surface area contributed by atoms with E-state index >= 15 is 0 Å². The average Bonchev–Trinajstić information content (AvgIpc) is 2.73. The summed E-state index contributed by atoms with van der Waals surface area (Å²) in [6.45, 7) is 1.88. The lowest BCUT2D eigenvalue weighted by Crippen LogP contribution is -2.02. The largest absolute Gasteiger partial charge is 0.288 e. The molecule has 0 saturated heterocycles. The van der Waals surface area contributed by atoms with Gasteiger partial charge in [-0.15, -0.1) is 11.3 Å². The summed E-state index contributed by atoms with van der Waals surface area (Å²) in [6, 6.07) is 7.93. The fourth-order valence-electron chi connectivity index (χ4n) is 1.59. The molecule has 0 amide bonds. The highest BCUT2D eigenvalue weighted by Gasteiger charge is 2.14. The molecule has 0 aliphatic rings. The summed E-state index contributed by atoms with van der Waals surface area (Å²) in [4.78, 5) is 13.1. The first-order chi connectivity index (χ1) is 8.39. The van der Waals surface area contributed by atoms with Gasteiger partial charge < -0.3 is 0 Å². The third-order valence-electron chi connectivity index (χ3n) is 2.61. The van der Waals surface area contributed by atoms with E-state index in [-0.39, 0.29) is 10.7 Å². The van der Waals surface area contributed by atoms with Crippen molar-refractivity contribution in [3.05, 3.63) is 51.7 Å². The maximum Gasteiger partial charge on any atom is 0.203 e. The van der Waals surface area contributed by atoms with Crippen LogP contribution in [0, 0.1) is 6.92 Å². The van der Waals surface area contributed by atoms with Gasteiger partial charge >= 0.3 is 0 Å². The maximum absolute atomic E-state index is 12.2. The molecule has 0 atom stereocenters. The van der Waals surface area contributed by atoms with Crippen LogP contribution in [0.5, 0.6) is 0 Å². The Labute approximate surface area is 110 Å². The van der Waals surface area contributed by atoms with Crippen LogP contribution in [0.2, 0.25) is 0 Å². The van der Waals surface area contributed by atoms with Crippen LogP contribution >= 0.6 is 11.3 Å². The molecule has 0 bridgehead atoms. The fourth-order valence-corrected chi connectivity index (χ4v) is 3.11. The molecule has 0 aliphatic carbocycles. The molecule has 3 nitrogen and oxygen atoms in total. The molecule has 1 aromatic heterocycles. The van der Waals surface area contributed by atoms with Crippen molar-refractivity contribution in [2.24, 2.45) is 0 Å². The molecule has 1 aromatic carbocycles. The van der Waals surface area contributed by atoms with Crippen LogP contribution in [0.1, 0.15) is 20.8 Å². The molecule has 5 heteroatoms. The lowest BCUT2D eigenvalue weighted by molar-refractivity contribution is 0.104. The monoisotopic (exact) mass is 280 g/mol. The number of hydrogen-bond donors (Lipinski definition) is 0. The zero-order chi connectivity index (χ0) is 13.3. The van der Waals surface area contributed by atoms with Gasteiger partial charge in [0, 0.05) is 11.8 Å². The summed E-state index contributed by atoms with van der Waals surface area (Å²) in [7, 11) is -3.22. The second kappa shape index (κ2) is 4.66. The number of hydrogen-bond acceptors (Lipinski definition) is 4. The van der Waals surface area contributed by atoms with Gasteiger partial charge in [-0.1, -0.05) is 0 Å². The molecule has 0 saturated carbocycles. The first-order valence-corrected chi connectivity index (χ1v) is 8.05. The standard InChI is InChI=1S/C13H12O3S2/c1-9-7-8-17-13(9)12(14)10-3-5-11(6-4-10)18(2,15)16/h3-8H,1-2H3. The molecule has 94 valence electrons. The van der Waals surface area contributed by atoms with E-state index in [2.05, 4.69) is 0 Å². The molecule has 18 heavy (non-hydrogen) atoms. The van der Waals surface area contributed by atoms with E-state index in [1.165, 1.54) is 23.5 Å². The Kier molecular flexibility index (Phi) is 3.36. The SMILES string of the molecule is Cc1ccsc1C(=O)c1ccc(S(C)(=O)=O)cc1. The highest BCUT2D eigenvalue weighted by atomic mass is 32.2. The summed E-state index contributed by atoms with van der Waals surface area (Å²) in [5.41, 5.74) is 1.45. The van der Waals surface area contributed by atoms with Crippen molar-refractivity contribution in [1.82, 2.24) is 0 Å². The number of benzene rings is 1. The molecule has 1 heterocycles. The molecule has 0 unspecified atom stereocenters. The number of rotatable bonds is 3. The van der Waals surface area contributed by atoms with Crippen LogP contribution < -0.4 is 0 Å². The highest BCUT2D eigenvalue weighted by molar-refractivity contribution is 7.90. The van der Waals surface area contributed by atoms with Crippen molar-refractivity contribution in [1.29, 1.82) is 0 Å². The minimum Gasteiger partial charge on any atom is -0.288 e. The van der Waals surface area contributed by atoms with E-state index in [1.807, 2.05) is 18.4 Å². The summed E-state index contributed by atoms with van der Waals surface area (Å²) in [5.74, 6) is -0.0671. The van der Waals surface area contributed by atoms with Gasteiger partial charge in [-0.3, -0.25) is 4.79 Å². The van der Waals surface area contributed by atoms with E-state index in [1.54, 1.807) is 12.1 Å². The Morgan fingerprint density at radius 2 is 1.72 bits per heavy atom. The van der Waals surface area contributed by atoms with Gasteiger partial charge in [0.2, 0.25) is 5.78 Å². The number of carbonyl (C=O) groups excluding carboxylic acids is 1. The lowest BCUT2D eigenvalue weighted by Gasteiger charge is -2.02. The topological polar surface area (TPSA) is 51.2 Å². The number of carbonyl (C=O) groups is 1. The van der Waals surface area contributed by atoms with Crippen LogP contribution in [-0.4, -0.2) is 20.5 Å². The normalized spacial score (nSPS) is 11.4. The van der Waals surface area contributed by atoms with Crippen LogP contribution in [-0.2, 0) is 9.84 Å². The summed E-state index contributed by atoms with van der Waals surface area (Å²) < 4.78 is 22.6. The van der Waals surface area contributed by atoms with Gasteiger partial charge in [0.15, 0.2) is 9.84 Å². The molecule has 2 aromatic rings. The van der Waals surface area contributed by atoms with Crippen LogP contribution in [0.3, 0.4) is 0 Å². The van der Waals surface area contributed by atoms with Crippen molar-refractivity contribution >= 4 is 27.0 Å². The second-order valence-corrected chi connectivity index (χ2v) is 6.99. The molecule has 2 rings (SSSR count). The fraction of sp³-hybridized carbons (Fsp3) is 0.154. The predicted molar refractivity (Wildman–Crippen MR) is 72.0 cm³/mol. The number of sulfone groups is 1. The van der Waals surface area contributed by atoms with Gasteiger partial charge in [-0.25, -0.2) is 8.42 Å². The van der Waals surface area contributed by atoms with Crippen LogP contribution in [0.25, 0.3) is 0 Å². The minimum absolute atomic E-state index is 0.0671. The third kappa shape index (κ3) is 2.52. The van der Waals surface area contributed by atoms with E-state index in [0.29, 0.717) is 10.4 Å². The second-order valence-electron chi connectivity index (χ2n) is 4.06. The Morgan fingerprint density at radius 3 is 2.17 bits per heavy atom. The Balaban J connectivity index is 2.37. The number of ketones is 1. The van der Waals surface area contributed by atoms with Crippen molar-refractivity contribution in [3.8, 4) is 0 Å². The van der Waals surface area contributed by atoms with Crippen molar-refractivity contribution in [3.63, 3.8) is 0 Å². The van der Waals surface area contributed by atoms with Crippen molar-refractivity contribution < 1.29 is 13.2 Å². The van der Waals surface area contributed by atoms with Gasteiger partial charge in [-0.05, 0) is 48.2 Å². The van der Waals surface area contributed by atoms with E-state index in [0.717, 1.165) is 11.8 Å². The molecule has 0 spiro atoms. The Morgan fingerprint density at radius 1 is 1.11 bits per heavy atom. The Bertz CT molecular complexity index is 679. The third-order valence-corrected chi connectivity index (χ3v) is 4.76. The van der Waals surface area contributed by atoms with Crippen molar-refractivity contribution in [2.75, 3.05) is 6.26 Å². The predicted octanol–water partition coefficient (Wildman–Crippen LogP) is 2.69. The van der Waals surface area contributed by atoms with E-state index in [4.69, 9.17) is 0 Å². The minimum atomic E-state index is -3.22. The molecule has 0 radical (unpaired) electrons. The van der Waals surface area contributed by atoms with Gasteiger partial charge in [0.05, 0.1) is 9.77 Å². The highest BCUT2D eigenvalue weighted by Crippen LogP contribution is 2.20. The number of thiophene rings is 1. The van der Waals surface area contributed by atoms with Crippen molar-refractivity contribution in [2.45, 2.75) is 11.8 Å². The molecule has 0 fully saturated rings. The lowest BCUT2D eigenvalue weighted by atomic mass is 10.1. The molecular weight excluding hydrogens is 268 g/mol. The molecular formula is C13H12O3S2. The summed E-state index contributed by atoms with van der Waals surface area (Å²) in [6.07, 6.45) is 1.15. The average molecular weight is 280 g/mol. The van der Waals surface area contributed by atoms with Crippen LogP contribution in [0.4, 0.5) is 0 Å². The summed E-state index contributed by atoms with van der Waals surface area (Å²) >= 11 is 1.39. The molecule has 0 N–H and O–H groups in total. The zero-order valence-electron chi connectivity index (χ0n) is 10.0. The van der Waals surface area contributed by atoms with Crippen LogP contribution in [0.15, 0.2) is 40.6 Å². The van der Waals surface area contributed by atoms with E-state index in [9.17, 15) is 13.2 Å². The van der Waals surface area contributed by atoms with Gasteiger partial charge in [0.1, 0.15) is 0 Å². The Hall–Kier alpha value is -1.46. The molecule has 0 aliphatic heterocycles. The quantitative estimate of drug-likeness (QED) is 0.812. The zero-order valence-corrected chi connectivity index (χ0v) is 11.6. The van der Waals surface area contributed by atoms with Gasteiger partial charge in [0.25, 0.3) is 0 Å².